The van der Waals surface area contributed by atoms with Gasteiger partial charge < -0.3 is 33.0 Å². The van der Waals surface area contributed by atoms with Crippen molar-refractivity contribution in [2.45, 2.75) is 37.9 Å². The van der Waals surface area contributed by atoms with Crippen molar-refractivity contribution in [2.75, 3.05) is 23.8 Å². The Morgan fingerprint density at radius 3 is 1.96 bits per heavy atom. The van der Waals surface area contributed by atoms with Crippen molar-refractivity contribution in [3.05, 3.63) is 93.8 Å². The molecular formula is C26H28N4O14P2-2. The van der Waals surface area contributed by atoms with Gasteiger partial charge in [-0.15, -0.1) is 0 Å². The first kappa shape index (κ1) is 34.7. The highest BCUT2D eigenvalue weighted by atomic mass is 31.3. The summed E-state index contributed by atoms with van der Waals surface area (Å²) in [5.74, 6) is 0. The van der Waals surface area contributed by atoms with Crippen LogP contribution in [-0.4, -0.2) is 53.3 Å². The van der Waals surface area contributed by atoms with Gasteiger partial charge in [0.1, 0.15) is 6.10 Å². The van der Waals surface area contributed by atoms with Gasteiger partial charge in [-0.3, -0.25) is 34.1 Å². The number of nitrogens with one attached hydrogen (secondary N) is 3. The lowest BCUT2D eigenvalue weighted by molar-refractivity contribution is -0.245. The molecule has 18 nitrogen and oxygen atoms in total. The summed E-state index contributed by atoms with van der Waals surface area (Å²) in [5.41, 5.74) is -1.20. The van der Waals surface area contributed by atoms with Gasteiger partial charge >= 0.3 is 17.9 Å². The number of anilines is 2. The smallest absolute Gasteiger partial charge is 0.412 e. The zero-order valence-corrected chi connectivity index (χ0v) is 25.7. The summed E-state index contributed by atoms with van der Waals surface area (Å²) < 4.78 is 55.2. The Morgan fingerprint density at radius 2 is 1.41 bits per heavy atom. The fourth-order valence-corrected chi connectivity index (χ4v) is 6.18. The van der Waals surface area contributed by atoms with E-state index in [-0.39, 0.29) is 13.0 Å². The average molecular weight is 682 g/mol. The highest BCUT2D eigenvalue weighted by molar-refractivity contribution is 7.59. The lowest BCUT2D eigenvalue weighted by atomic mass is 10.1. The van der Waals surface area contributed by atoms with Gasteiger partial charge in [0.15, 0.2) is 18.4 Å². The Balaban J connectivity index is 1.64. The van der Waals surface area contributed by atoms with E-state index in [1.807, 2.05) is 4.98 Å². The van der Waals surface area contributed by atoms with Crippen LogP contribution in [-0.2, 0) is 36.7 Å². The van der Waals surface area contributed by atoms with Crippen molar-refractivity contribution >= 4 is 39.2 Å². The van der Waals surface area contributed by atoms with E-state index >= 15 is 0 Å². The Kier molecular flexibility index (Phi) is 11.7. The van der Waals surface area contributed by atoms with Gasteiger partial charge in [-0.2, -0.15) is 0 Å². The molecule has 4 rings (SSSR count). The third kappa shape index (κ3) is 9.94. The summed E-state index contributed by atoms with van der Waals surface area (Å²) in [6.07, 6.45) is -7.66. The Labute approximate surface area is 260 Å². The maximum atomic E-state index is 13.0. The van der Waals surface area contributed by atoms with Crippen LogP contribution in [0.1, 0.15) is 19.6 Å². The standard InChI is InChI=1S/C26H30N4O14P2/c1-2-15-39-45(35,36)44-46(37,38)40-16-19-21(42-25(33)27-17-9-5-3-6-10-17)22(43-26(34)28-18-11-7-4-8-12-18)23(41-19)30-14-13-20(31)29-24(30)32/h3-14,19,21-23H,2,15-16H2,1H3,(H,27,33)(H,28,34)(H,35,36)(H,37,38)(H,29,31,32)/p-2/t19-,21?,22+,23-/m1/s1. The molecule has 3 N–H and O–H groups in total. The highest BCUT2D eigenvalue weighted by Gasteiger charge is 2.51. The number of phosphoric ester groups is 2. The van der Waals surface area contributed by atoms with Crippen LogP contribution < -0.4 is 31.7 Å². The van der Waals surface area contributed by atoms with E-state index < -0.39 is 70.2 Å². The van der Waals surface area contributed by atoms with E-state index in [2.05, 4.69) is 19.5 Å². The van der Waals surface area contributed by atoms with E-state index in [1.54, 1.807) is 55.5 Å². The molecule has 248 valence electrons. The number of carbonyl (C=O) groups excluding carboxylic acids is 2. The number of nitrogens with zero attached hydrogens (tertiary/aromatic N) is 1. The van der Waals surface area contributed by atoms with E-state index in [0.717, 1.165) is 16.8 Å². The summed E-state index contributed by atoms with van der Waals surface area (Å²) >= 11 is 0. The summed E-state index contributed by atoms with van der Waals surface area (Å²) in [5, 5.41) is 4.88. The average Bonchev–Trinajstić information content (AvgIpc) is 3.31. The minimum absolute atomic E-state index is 0.227. The van der Waals surface area contributed by atoms with Crippen molar-refractivity contribution in [3.8, 4) is 0 Å². The first-order chi connectivity index (χ1) is 21.9. The molecule has 0 radical (unpaired) electrons. The SMILES string of the molecule is CCCOP(=O)([O-])OP(=O)([O-])OC[C@H]1O[C@@H](n2ccc(=O)[nH]c2=O)[C@@H](OC(=O)Nc2ccccc2)C1OC(=O)Nc1ccccc1. The molecule has 6 atom stereocenters. The number of aromatic amines is 1. The Morgan fingerprint density at radius 1 is 0.870 bits per heavy atom. The quantitative estimate of drug-likeness (QED) is 0.218. The third-order valence-corrected chi connectivity index (χ3v) is 8.55. The van der Waals surface area contributed by atoms with E-state index in [0.29, 0.717) is 11.4 Å². The van der Waals surface area contributed by atoms with Crippen LogP contribution in [0.2, 0.25) is 0 Å². The Bertz CT molecular complexity index is 1700. The number of phosphoric acid groups is 2. The van der Waals surface area contributed by atoms with Gasteiger partial charge in [0, 0.05) is 23.6 Å². The van der Waals surface area contributed by atoms with E-state index in [1.165, 1.54) is 12.1 Å². The molecule has 2 aromatic carbocycles. The molecule has 20 heteroatoms. The lowest BCUT2D eigenvalue weighted by Crippen LogP contribution is -2.44. The predicted molar refractivity (Wildman–Crippen MR) is 154 cm³/mol. The minimum atomic E-state index is -5.65. The number of H-pyrrole nitrogens is 1. The van der Waals surface area contributed by atoms with E-state index in [9.17, 15) is 38.1 Å². The first-order valence-corrected chi connectivity index (χ1v) is 16.4. The minimum Gasteiger partial charge on any atom is -0.756 e. The second-order valence-corrected chi connectivity index (χ2v) is 12.4. The van der Waals surface area contributed by atoms with Gasteiger partial charge in [0.05, 0.1) is 13.2 Å². The molecule has 1 aliphatic rings. The van der Waals surface area contributed by atoms with Crippen molar-refractivity contribution in [1.29, 1.82) is 0 Å². The molecule has 2 heterocycles. The number of para-hydroxylation sites is 2. The van der Waals surface area contributed by atoms with Gasteiger partial charge in [-0.25, -0.2) is 18.7 Å². The molecule has 1 saturated heterocycles. The van der Waals surface area contributed by atoms with Crippen LogP contribution in [0.3, 0.4) is 0 Å². The molecule has 1 aliphatic heterocycles. The van der Waals surface area contributed by atoms with Crippen molar-refractivity contribution in [2.24, 2.45) is 0 Å². The molecule has 1 aromatic heterocycles. The number of rotatable bonds is 13. The number of amides is 2. The van der Waals surface area contributed by atoms with Crippen LogP contribution in [0, 0.1) is 0 Å². The maximum absolute atomic E-state index is 13.0. The molecule has 2 amide bonds. The van der Waals surface area contributed by atoms with Crippen molar-refractivity contribution in [1.82, 2.24) is 9.55 Å². The predicted octanol–water partition coefficient (Wildman–Crippen LogP) is 2.07. The fraction of sp³-hybridized carbons (Fsp3) is 0.308. The Hall–Kier alpha value is -4.12. The summed E-state index contributed by atoms with van der Waals surface area (Å²) in [7, 11) is -11.0. The van der Waals surface area contributed by atoms with Gasteiger partial charge in [-0.05, 0) is 30.7 Å². The fourth-order valence-electron chi connectivity index (χ4n) is 4.08. The van der Waals surface area contributed by atoms with Gasteiger partial charge in [0.2, 0.25) is 0 Å². The van der Waals surface area contributed by atoms with Crippen LogP contribution in [0.4, 0.5) is 21.0 Å². The molecule has 0 aliphatic carbocycles. The van der Waals surface area contributed by atoms with Gasteiger partial charge in [-0.1, -0.05) is 43.3 Å². The second-order valence-electron chi connectivity index (χ2n) is 9.41. The molecule has 46 heavy (non-hydrogen) atoms. The zero-order valence-electron chi connectivity index (χ0n) is 23.9. The van der Waals surface area contributed by atoms with Gasteiger partial charge in [0.25, 0.3) is 21.2 Å². The molecule has 1 fully saturated rings. The molecular weight excluding hydrogens is 654 g/mol. The van der Waals surface area contributed by atoms with Crippen LogP contribution in [0.5, 0.6) is 0 Å². The third-order valence-electron chi connectivity index (χ3n) is 5.99. The van der Waals surface area contributed by atoms with Crippen LogP contribution in [0.15, 0.2) is 82.5 Å². The monoisotopic (exact) mass is 682 g/mol. The number of aromatic nitrogens is 2. The zero-order chi connectivity index (χ0) is 33.3. The molecule has 0 saturated carbocycles. The number of hydrogen-bond acceptors (Lipinski definition) is 14. The van der Waals surface area contributed by atoms with Crippen molar-refractivity contribution < 1.29 is 56.1 Å². The summed E-state index contributed by atoms with van der Waals surface area (Å²) in [6.45, 7) is 0.146. The second kappa shape index (κ2) is 15.4. The highest BCUT2D eigenvalue weighted by Crippen LogP contribution is 2.55. The number of benzene rings is 2. The summed E-state index contributed by atoms with van der Waals surface area (Å²) in [6, 6.07) is 17.0. The number of carbonyl (C=O) groups is 2. The van der Waals surface area contributed by atoms with Crippen LogP contribution in [0.25, 0.3) is 0 Å². The maximum Gasteiger partial charge on any atom is 0.412 e. The van der Waals surface area contributed by atoms with Crippen molar-refractivity contribution in [3.63, 3.8) is 0 Å². The molecule has 0 spiro atoms. The molecule has 0 bridgehead atoms. The molecule has 3 aromatic rings. The largest absolute Gasteiger partial charge is 0.756 e. The summed E-state index contributed by atoms with van der Waals surface area (Å²) in [4.78, 5) is 76.6. The number of ether oxygens (including phenoxy) is 3. The lowest BCUT2D eigenvalue weighted by Gasteiger charge is -2.31. The van der Waals surface area contributed by atoms with E-state index in [4.69, 9.17) is 18.7 Å². The topological polar surface area (TPSA) is 249 Å². The number of hydrogen-bond donors (Lipinski definition) is 3. The first-order valence-electron chi connectivity index (χ1n) is 13.5. The normalized spacial score (nSPS) is 21.8. The van der Waals surface area contributed by atoms with Crippen LogP contribution >= 0.6 is 15.6 Å². The molecule has 3 unspecified atom stereocenters.